The van der Waals surface area contributed by atoms with E-state index in [1.165, 1.54) is 0 Å². The topological polar surface area (TPSA) is 0 Å². The lowest BCUT2D eigenvalue weighted by molar-refractivity contribution is -0.359. The SMILES string of the molecule is [B]c1cccc(C(F)(F)C(F)(F)C(F)(F)F)c1. The van der Waals surface area contributed by atoms with Crippen molar-refractivity contribution >= 4 is 13.3 Å². The van der Waals surface area contributed by atoms with E-state index < -0.39 is 23.6 Å². The molecule has 0 nitrogen and oxygen atoms in total. The Morgan fingerprint density at radius 2 is 1.41 bits per heavy atom. The summed E-state index contributed by atoms with van der Waals surface area (Å²) in [6.45, 7) is 0. The van der Waals surface area contributed by atoms with Crippen molar-refractivity contribution in [2.45, 2.75) is 18.0 Å². The van der Waals surface area contributed by atoms with Crippen LogP contribution < -0.4 is 5.46 Å². The molecule has 1 aromatic carbocycles. The lowest BCUT2D eigenvalue weighted by atomic mass is 9.91. The predicted molar refractivity (Wildman–Crippen MR) is 46.7 cm³/mol. The van der Waals surface area contributed by atoms with Crippen molar-refractivity contribution < 1.29 is 30.7 Å². The summed E-state index contributed by atoms with van der Waals surface area (Å²) < 4.78 is 87.0. The van der Waals surface area contributed by atoms with Gasteiger partial charge in [-0.3, -0.25) is 0 Å². The molecule has 0 aliphatic heterocycles. The molecule has 0 aliphatic rings. The zero-order chi connectivity index (χ0) is 13.5. The normalized spacial score (nSPS) is 13.8. The first-order valence-corrected chi connectivity index (χ1v) is 4.18. The summed E-state index contributed by atoms with van der Waals surface area (Å²) >= 11 is 0. The largest absolute Gasteiger partial charge is 0.460 e. The molecular formula is C9H4BF7. The van der Waals surface area contributed by atoms with Crippen molar-refractivity contribution in [3.05, 3.63) is 29.8 Å². The van der Waals surface area contributed by atoms with E-state index in [2.05, 4.69) is 0 Å². The molecule has 1 aromatic rings. The third-order valence-electron chi connectivity index (χ3n) is 2.00. The van der Waals surface area contributed by atoms with Gasteiger partial charge in [0, 0.05) is 5.56 Å². The maximum absolute atomic E-state index is 13.1. The van der Waals surface area contributed by atoms with Crippen LogP contribution in [-0.4, -0.2) is 19.9 Å². The second-order valence-corrected chi connectivity index (χ2v) is 3.27. The highest BCUT2D eigenvalue weighted by molar-refractivity contribution is 6.32. The Labute approximate surface area is 92.8 Å². The predicted octanol–water partition coefficient (Wildman–Crippen LogP) is 2.77. The van der Waals surface area contributed by atoms with Gasteiger partial charge in [0.2, 0.25) is 0 Å². The first kappa shape index (κ1) is 13.9. The molecule has 1 rings (SSSR count). The Bertz CT molecular complexity index is 410. The van der Waals surface area contributed by atoms with Gasteiger partial charge in [-0.1, -0.05) is 29.7 Å². The Morgan fingerprint density at radius 1 is 0.882 bits per heavy atom. The fourth-order valence-electron chi connectivity index (χ4n) is 1.09. The van der Waals surface area contributed by atoms with Crippen LogP contribution in [0.1, 0.15) is 5.56 Å². The van der Waals surface area contributed by atoms with Crippen LogP contribution in [-0.2, 0) is 5.92 Å². The van der Waals surface area contributed by atoms with Crippen molar-refractivity contribution in [2.24, 2.45) is 0 Å². The average Bonchev–Trinajstić information content (AvgIpc) is 2.15. The molecule has 2 radical (unpaired) electrons. The molecular weight excluding hydrogens is 252 g/mol. The number of rotatable bonds is 2. The standard InChI is InChI=1S/C9H4BF7/c10-6-3-1-2-5(4-6)7(11,12)8(13,14)9(15,16)17/h1-4H. The summed E-state index contributed by atoms with van der Waals surface area (Å²) in [4.78, 5) is 0. The second-order valence-electron chi connectivity index (χ2n) is 3.27. The highest BCUT2D eigenvalue weighted by Crippen LogP contribution is 2.51. The summed E-state index contributed by atoms with van der Waals surface area (Å²) in [7, 11) is 5.05. The van der Waals surface area contributed by atoms with Gasteiger partial charge in [-0.15, -0.1) is 0 Å². The molecule has 0 fully saturated rings. The molecule has 92 valence electrons. The van der Waals surface area contributed by atoms with E-state index in [1.54, 1.807) is 0 Å². The van der Waals surface area contributed by atoms with Crippen LogP contribution >= 0.6 is 0 Å². The molecule has 0 spiro atoms. The second kappa shape index (κ2) is 3.92. The van der Waals surface area contributed by atoms with Crippen LogP contribution in [0, 0.1) is 0 Å². The summed E-state index contributed by atoms with van der Waals surface area (Å²) in [5, 5.41) is 0. The lowest BCUT2D eigenvalue weighted by Crippen LogP contribution is -2.50. The molecule has 17 heavy (non-hydrogen) atoms. The van der Waals surface area contributed by atoms with E-state index in [-0.39, 0.29) is 5.46 Å². The minimum Gasteiger partial charge on any atom is -0.194 e. The molecule has 0 bridgehead atoms. The molecule has 0 N–H and O–H groups in total. The number of alkyl halides is 7. The zero-order valence-corrected chi connectivity index (χ0v) is 8.03. The van der Waals surface area contributed by atoms with E-state index in [9.17, 15) is 30.7 Å². The van der Waals surface area contributed by atoms with Gasteiger partial charge in [0.1, 0.15) is 7.85 Å². The number of benzene rings is 1. The quantitative estimate of drug-likeness (QED) is 0.563. The van der Waals surface area contributed by atoms with Gasteiger partial charge in [-0.05, 0) is 0 Å². The first-order chi connectivity index (χ1) is 7.50. The number of halogens is 7. The molecule has 8 heteroatoms. The van der Waals surface area contributed by atoms with E-state index >= 15 is 0 Å². The van der Waals surface area contributed by atoms with Gasteiger partial charge in [0.05, 0.1) is 0 Å². The van der Waals surface area contributed by atoms with Gasteiger partial charge in [-0.25, -0.2) is 0 Å². The van der Waals surface area contributed by atoms with Crippen LogP contribution in [0.3, 0.4) is 0 Å². The van der Waals surface area contributed by atoms with Gasteiger partial charge in [0.25, 0.3) is 0 Å². The molecule has 0 amide bonds. The van der Waals surface area contributed by atoms with Crippen LogP contribution in [0.4, 0.5) is 30.7 Å². The molecule has 0 unspecified atom stereocenters. The van der Waals surface area contributed by atoms with Gasteiger partial charge < -0.3 is 0 Å². The van der Waals surface area contributed by atoms with Gasteiger partial charge in [-0.2, -0.15) is 30.7 Å². The van der Waals surface area contributed by atoms with E-state index in [4.69, 9.17) is 7.85 Å². The zero-order valence-electron chi connectivity index (χ0n) is 8.03. The van der Waals surface area contributed by atoms with Crippen molar-refractivity contribution in [3.63, 3.8) is 0 Å². The van der Waals surface area contributed by atoms with E-state index in [0.717, 1.165) is 12.1 Å². The fraction of sp³-hybridized carbons (Fsp3) is 0.333. The minimum atomic E-state index is -6.35. The Morgan fingerprint density at radius 3 is 1.82 bits per heavy atom. The molecule has 0 aromatic heterocycles. The first-order valence-electron chi connectivity index (χ1n) is 4.18. The summed E-state index contributed by atoms with van der Waals surface area (Å²) in [5.41, 5.74) is -1.82. The molecule has 0 aliphatic carbocycles. The molecule has 0 atom stereocenters. The maximum atomic E-state index is 13.1. The summed E-state index contributed by atoms with van der Waals surface area (Å²) in [5.74, 6) is -11.5. The van der Waals surface area contributed by atoms with E-state index in [1.807, 2.05) is 0 Å². The maximum Gasteiger partial charge on any atom is 0.460 e. The smallest absolute Gasteiger partial charge is 0.194 e. The third-order valence-corrected chi connectivity index (χ3v) is 2.00. The van der Waals surface area contributed by atoms with Crippen LogP contribution in [0.15, 0.2) is 24.3 Å². The van der Waals surface area contributed by atoms with Crippen molar-refractivity contribution in [1.29, 1.82) is 0 Å². The molecule has 0 saturated heterocycles. The van der Waals surface area contributed by atoms with Crippen LogP contribution in [0.5, 0.6) is 0 Å². The Kier molecular flexibility index (Phi) is 3.20. The monoisotopic (exact) mass is 256 g/mol. The van der Waals surface area contributed by atoms with Crippen LogP contribution in [0.25, 0.3) is 0 Å². The van der Waals surface area contributed by atoms with Crippen LogP contribution in [0.2, 0.25) is 0 Å². The minimum absolute atomic E-state index is 0.333. The Hall–Kier alpha value is -1.21. The van der Waals surface area contributed by atoms with Gasteiger partial charge in [0.15, 0.2) is 0 Å². The molecule has 0 saturated carbocycles. The third kappa shape index (κ3) is 2.25. The number of hydrogen-bond acceptors (Lipinski definition) is 0. The van der Waals surface area contributed by atoms with Crippen molar-refractivity contribution in [1.82, 2.24) is 0 Å². The lowest BCUT2D eigenvalue weighted by Gasteiger charge is -2.28. The summed E-state index contributed by atoms with van der Waals surface area (Å²) in [6, 6.07) is 2.78. The summed E-state index contributed by atoms with van der Waals surface area (Å²) in [6.07, 6.45) is -6.35. The highest BCUT2D eigenvalue weighted by Gasteiger charge is 2.73. The van der Waals surface area contributed by atoms with Gasteiger partial charge >= 0.3 is 18.0 Å². The fourth-order valence-corrected chi connectivity index (χ4v) is 1.09. The Balaban J connectivity index is 3.28. The van der Waals surface area contributed by atoms with Crippen molar-refractivity contribution in [3.8, 4) is 0 Å². The molecule has 0 heterocycles. The number of hydrogen-bond donors (Lipinski definition) is 0. The van der Waals surface area contributed by atoms with Crippen molar-refractivity contribution in [2.75, 3.05) is 0 Å². The highest BCUT2D eigenvalue weighted by atomic mass is 19.4. The average molecular weight is 256 g/mol. The van der Waals surface area contributed by atoms with E-state index in [0.29, 0.717) is 12.1 Å².